The molecule has 8 heterocycles. The van der Waals surface area contributed by atoms with Crippen LogP contribution in [0.3, 0.4) is 0 Å². The molecule has 18 heteroatoms. The van der Waals surface area contributed by atoms with Crippen LogP contribution in [0.15, 0.2) is 84.7 Å². The van der Waals surface area contributed by atoms with Crippen LogP contribution in [0.4, 0.5) is 16.3 Å². The lowest BCUT2D eigenvalue weighted by atomic mass is 9.98. The molecule has 344 valence electrons. The summed E-state index contributed by atoms with van der Waals surface area (Å²) in [6.07, 6.45) is 7.66. The number of urea groups is 1. The van der Waals surface area contributed by atoms with Gasteiger partial charge in [-0.05, 0) is 98.8 Å². The fourth-order valence-corrected chi connectivity index (χ4v) is 10.6. The summed E-state index contributed by atoms with van der Waals surface area (Å²) >= 11 is 0. The maximum absolute atomic E-state index is 13.7. The van der Waals surface area contributed by atoms with Crippen molar-refractivity contribution in [1.29, 1.82) is 0 Å². The van der Waals surface area contributed by atoms with Gasteiger partial charge in [-0.1, -0.05) is 18.2 Å². The van der Waals surface area contributed by atoms with Crippen LogP contribution >= 0.6 is 0 Å². The number of piperidine rings is 3. The number of benzene rings is 3. The molecule has 11 rings (SSSR count). The van der Waals surface area contributed by atoms with Crippen LogP contribution in [0.1, 0.15) is 59.2 Å². The van der Waals surface area contributed by atoms with Crippen LogP contribution in [0.25, 0.3) is 28.5 Å². The standard InChI is InChI=1S/C49H52N12O6/c50-44-42-43(32-8-11-37(12-9-32)67-36-6-2-1-3-7-36)54-60(45(42)52-30-51-44)27-31-5-4-18-58(26-31)33-16-19-57(20-17-33)49(66)59-28-35(29-59)56-23-21-55(22-24-56)34-10-13-38-39(25-34)48(65)61(47(38)64)40-14-15-41(62)53-46(40)63/h1-3,6-13,25,27,30,33,35,40H,4-5,14-24,26,28-29H2,(H2,50,51,52)(H,53,62,63). The molecule has 3 aromatic carbocycles. The molecule has 18 nitrogen and oxygen atoms in total. The zero-order valence-electron chi connectivity index (χ0n) is 37.1. The van der Waals surface area contributed by atoms with Crippen molar-refractivity contribution in [2.75, 3.05) is 76.1 Å². The van der Waals surface area contributed by atoms with E-state index in [-0.39, 0.29) is 30.0 Å². The van der Waals surface area contributed by atoms with Gasteiger partial charge in [0.05, 0.1) is 16.5 Å². The van der Waals surface area contributed by atoms with Crippen molar-refractivity contribution in [3.05, 3.63) is 95.8 Å². The first-order chi connectivity index (χ1) is 32.6. The molecule has 0 aliphatic carbocycles. The number of ether oxygens (including phenoxy) is 1. The molecule has 1 atom stereocenters. The number of nitrogens with two attached hydrogens (primary N) is 1. The number of para-hydroxylation sites is 1. The lowest BCUT2D eigenvalue weighted by Crippen LogP contribution is -2.66. The topological polar surface area (TPSA) is 196 Å². The van der Waals surface area contributed by atoms with E-state index in [1.807, 2.05) is 75.1 Å². The van der Waals surface area contributed by atoms with Crippen molar-refractivity contribution in [2.45, 2.75) is 56.7 Å². The largest absolute Gasteiger partial charge is 0.457 e. The van der Waals surface area contributed by atoms with E-state index in [0.29, 0.717) is 47.7 Å². The van der Waals surface area contributed by atoms with Gasteiger partial charge in [-0.2, -0.15) is 5.10 Å². The van der Waals surface area contributed by atoms with E-state index < -0.39 is 29.7 Å². The van der Waals surface area contributed by atoms with Crippen LogP contribution < -0.4 is 20.7 Å². The Bertz CT molecular complexity index is 2790. The normalized spacial score (nSPS) is 21.9. The average Bonchev–Trinajstić information content (AvgIpc) is 3.82. The number of nitrogens with zero attached hydrogens (tertiary/aromatic N) is 10. The van der Waals surface area contributed by atoms with E-state index in [1.54, 1.807) is 12.1 Å². The van der Waals surface area contributed by atoms with Gasteiger partial charge in [-0.25, -0.2) is 19.4 Å². The molecule has 5 fully saturated rings. The smallest absolute Gasteiger partial charge is 0.320 e. The van der Waals surface area contributed by atoms with E-state index in [1.165, 1.54) is 11.9 Å². The summed E-state index contributed by atoms with van der Waals surface area (Å²) in [4.78, 5) is 85.5. The number of rotatable bonds is 8. The Morgan fingerprint density at radius 2 is 1.49 bits per heavy atom. The number of carbonyl (C=O) groups is 5. The second-order valence-corrected chi connectivity index (χ2v) is 18.3. The van der Waals surface area contributed by atoms with Crippen LogP contribution in [0, 0.1) is 0 Å². The highest BCUT2D eigenvalue weighted by Gasteiger charge is 2.45. The average molecular weight is 905 g/mol. The van der Waals surface area contributed by atoms with Gasteiger partial charge in [0, 0.05) is 94.9 Å². The lowest BCUT2D eigenvalue weighted by Gasteiger charge is -2.50. The number of aromatic nitrogens is 4. The third kappa shape index (κ3) is 8.13. The summed E-state index contributed by atoms with van der Waals surface area (Å²) < 4.78 is 7.86. The highest BCUT2D eigenvalue weighted by molar-refractivity contribution is 6.23. The number of carbonyl (C=O) groups excluding carboxylic acids is 5. The van der Waals surface area contributed by atoms with Crippen molar-refractivity contribution in [3.63, 3.8) is 0 Å². The first-order valence-electron chi connectivity index (χ1n) is 23.3. The molecule has 6 aliphatic rings. The molecule has 1 unspecified atom stereocenters. The number of hydrogen-bond donors (Lipinski definition) is 2. The quantitative estimate of drug-likeness (QED) is 0.210. The van der Waals surface area contributed by atoms with E-state index in [9.17, 15) is 24.0 Å². The fraction of sp³-hybridized carbons (Fsp3) is 0.388. The Labute approximate surface area is 386 Å². The SMILES string of the molecule is Nc1ncnc2c1c(-c1ccc(Oc3ccccc3)cc1)nn2C=C1CCCN(C2CCN(C(=O)N3CC(N4CCN(c5ccc6c(c5)C(=O)N(C5CCC(=O)NC5=O)C6=O)CC4)C3)CC2)C1. The maximum atomic E-state index is 13.7. The second-order valence-electron chi connectivity index (χ2n) is 18.3. The Kier molecular flexibility index (Phi) is 11.1. The zero-order valence-corrected chi connectivity index (χ0v) is 37.1. The van der Waals surface area contributed by atoms with Crippen molar-refractivity contribution in [1.82, 2.24) is 49.6 Å². The minimum Gasteiger partial charge on any atom is -0.457 e. The van der Waals surface area contributed by atoms with Crippen LogP contribution in [-0.2, 0) is 9.59 Å². The molecule has 5 aromatic rings. The van der Waals surface area contributed by atoms with Crippen molar-refractivity contribution < 1.29 is 28.7 Å². The number of hydrogen-bond acceptors (Lipinski definition) is 13. The molecule has 5 saturated heterocycles. The predicted molar refractivity (Wildman–Crippen MR) is 249 cm³/mol. The molecule has 6 aliphatic heterocycles. The van der Waals surface area contributed by atoms with Gasteiger partial charge in [0.25, 0.3) is 11.8 Å². The van der Waals surface area contributed by atoms with E-state index >= 15 is 0 Å². The number of amides is 6. The summed E-state index contributed by atoms with van der Waals surface area (Å²) in [5.74, 6) is -0.152. The van der Waals surface area contributed by atoms with Gasteiger partial charge in [0.15, 0.2) is 5.65 Å². The second kappa shape index (κ2) is 17.6. The van der Waals surface area contributed by atoms with Crippen molar-refractivity contribution in [2.24, 2.45) is 0 Å². The highest BCUT2D eigenvalue weighted by Crippen LogP contribution is 2.35. The number of imide groups is 2. The third-order valence-corrected chi connectivity index (χ3v) is 14.3. The Balaban J connectivity index is 0.657. The van der Waals surface area contributed by atoms with E-state index in [0.717, 1.165) is 106 Å². The number of nitrogen functional groups attached to an aromatic ring is 1. The van der Waals surface area contributed by atoms with Gasteiger partial charge in [0.2, 0.25) is 11.8 Å². The van der Waals surface area contributed by atoms with Gasteiger partial charge >= 0.3 is 6.03 Å². The molecular weight excluding hydrogens is 853 g/mol. The van der Waals surface area contributed by atoms with Gasteiger partial charge in [-0.15, -0.1) is 0 Å². The molecule has 0 spiro atoms. The van der Waals surface area contributed by atoms with Gasteiger partial charge in [0.1, 0.15) is 35.4 Å². The van der Waals surface area contributed by atoms with Gasteiger partial charge in [-0.3, -0.25) is 39.2 Å². The number of likely N-dealkylation sites (tertiary alicyclic amines) is 3. The van der Waals surface area contributed by atoms with Crippen LogP contribution in [0.5, 0.6) is 11.5 Å². The highest BCUT2D eigenvalue weighted by atomic mass is 16.5. The number of nitrogens with one attached hydrogen (secondary N) is 1. The predicted octanol–water partition coefficient (Wildman–Crippen LogP) is 4.30. The molecular formula is C49H52N12O6. The summed E-state index contributed by atoms with van der Waals surface area (Å²) in [5, 5.41) is 7.97. The van der Waals surface area contributed by atoms with Crippen molar-refractivity contribution >= 4 is 58.4 Å². The molecule has 6 amide bonds. The number of piperazine rings is 1. The summed E-state index contributed by atoms with van der Waals surface area (Å²) in [5.41, 5.74) is 11.4. The van der Waals surface area contributed by atoms with Crippen LogP contribution in [-0.4, -0.2) is 157 Å². The van der Waals surface area contributed by atoms with Crippen LogP contribution in [0.2, 0.25) is 0 Å². The first-order valence-corrected chi connectivity index (χ1v) is 23.3. The van der Waals surface area contributed by atoms with Crippen molar-refractivity contribution in [3.8, 4) is 22.8 Å². The fourth-order valence-electron chi connectivity index (χ4n) is 10.6. The first kappa shape index (κ1) is 42.5. The minimum atomic E-state index is -0.989. The molecule has 3 N–H and O–H groups in total. The maximum Gasteiger partial charge on any atom is 0.320 e. The number of fused-ring (bicyclic) bond motifs is 2. The Hall–Kier alpha value is -7.18. The number of anilines is 2. The van der Waals surface area contributed by atoms with Gasteiger partial charge < -0.3 is 25.2 Å². The molecule has 0 radical (unpaired) electrons. The summed E-state index contributed by atoms with van der Waals surface area (Å²) in [6.45, 7) is 7.84. The lowest BCUT2D eigenvalue weighted by molar-refractivity contribution is -0.136. The van der Waals surface area contributed by atoms with E-state index in [2.05, 4.69) is 36.2 Å². The molecule has 2 aromatic heterocycles. The molecule has 0 bridgehead atoms. The zero-order chi connectivity index (χ0) is 45.8. The Morgan fingerprint density at radius 1 is 0.746 bits per heavy atom. The Morgan fingerprint density at radius 3 is 2.25 bits per heavy atom. The summed E-state index contributed by atoms with van der Waals surface area (Å²) in [7, 11) is 0. The molecule has 0 saturated carbocycles. The monoisotopic (exact) mass is 904 g/mol. The molecule has 67 heavy (non-hydrogen) atoms. The third-order valence-electron chi connectivity index (χ3n) is 14.3. The summed E-state index contributed by atoms with van der Waals surface area (Å²) in [6, 6.07) is 22.6. The van der Waals surface area contributed by atoms with E-state index in [4.69, 9.17) is 15.6 Å². The minimum absolute atomic E-state index is 0.0815.